The van der Waals surface area contributed by atoms with Crippen LogP contribution in [0.5, 0.6) is 0 Å². The number of benzene rings is 1. The van der Waals surface area contributed by atoms with Crippen LogP contribution in [-0.4, -0.2) is 44.5 Å². The minimum absolute atomic E-state index is 0.0551. The molecule has 0 saturated carbocycles. The molecule has 0 spiro atoms. The number of aliphatic hydroxyl groups excluding tert-OH is 1. The number of rotatable bonds is 5. The molecule has 1 aliphatic heterocycles. The lowest BCUT2D eigenvalue weighted by Gasteiger charge is -2.29. The van der Waals surface area contributed by atoms with Crippen LogP contribution in [0.25, 0.3) is 0 Å². The van der Waals surface area contributed by atoms with Gasteiger partial charge in [-0.2, -0.15) is 0 Å². The Morgan fingerprint density at radius 1 is 1.48 bits per heavy atom. The number of aryl methyl sites for hydroxylation is 1. The fourth-order valence-electron chi connectivity index (χ4n) is 2.56. The van der Waals surface area contributed by atoms with Crippen LogP contribution >= 0.6 is 11.8 Å². The molecule has 1 aliphatic rings. The summed E-state index contributed by atoms with van der Waals surface area (Å²) in [6, 6.07) is 4.76. The SMILES string of the molecule is Cc1cc([N+](=O)[O-])ccc1N=C1SCC([C@@H](C)O)N1CC(C)C. The highest BCUT2D eigenvalue weighted by Gasteiger charge is 2.33. The summed E-state index contributed by atoms with van der Waals surface area (Å²) in [7, 11) is 0. The van der Waals surface area contributed by atoms with Crippen LogP contribution in [0.4, 0.5) is 11.4 Å². The second kappa shape index (κ2) is 7.31. The maximum absolute atomic E-state index is 10.8. The summed E-state index contributed by atoms with van der Waals surface area (Å²) in [4.78, 5) is 17.3. The van der Waals surface area contributed by atoms with Crippen LogP contribution in [0.2, 0.25) is 0 Å². The Bertz CT molecular complexity index is 617. The first-order valence-electron chi connectivity index (χ1n) is 7.70. The van der Waals surface area contributed by atoms with Crippen LogP contribution in [0.3, 0.4) is 0 Å². The van der Waals surface area contributed by atoms with E-state index < -0.39 is 11.0 Å². The molecule has 0 radical (unpaired) electrons. The van der Waals surface area contributed by atoms with Crippen LogP contribution in [-0.2, 0) is 0 Å². The van der Waals surface area contributed by atoms with Gasteiger partial charge in [0, 0.05) is 24.4 Å². The van der Waals surface area contributed by atoms with E-state index in [0.717, 1.165) is 28.7 Å². The number of hydrogen-bond acceptors (Lipinski definition) is 5. The van der Waals surface area contributed by atoms with Crippen molar-refractivity contribution in [3.8, 4) is 0 Å². The maximum Gasteiger partial charge on any atom is 0.269 e. The van der Waals surface area contributed by atoms with Crippen molar-refractivity contribution in [1.82, 2.24) is 4.90 Å². The van der Waals surface area contributed by atoms with Crippen molar-refractivity contribution in [1.29, 1.82) is 0 Å². The Labute approximate surface area is 140 Å². The number of hydrogen-bond donors (Lipinski definition) is 1. The summed E-state index contributed by atoms with van der Waals surface area (Å²) in [5.41, 5.74) is 1.59. The van der Waals surface area contributed by atoms with Gasteiger partial charge in [0.2, 0.25) is 0 Å². The van der Waals surface area contributed by atoms with Gasteiger partial charge in [0.15, 0.2) is 5.17 Å². The molecular weight excluding hydrogens is 314 g/mol. The molecule has 6 nitrogen and oxygen atoms in total. The Morgan fingerprint density at radius 3 is 2.70 bits per heavy atom. The molecule has 2 atom stereocenters. The van der Waals surface area contributed by atoms with Crippen LogP contribution in [0.15, 0.2) is 23.2 Å². The van der Waals surface area contributed by atoms with Crippen molar-refractivity contribution >= 4 is 28.3 Å². The van der Waals surface area contributed by atoms with E-state index >= 15 is 0 Å². The molecule has 1 aromatic carbocycles. The molecule has 1 heterocycles. The average Bonchev–Trinajstić information content (AvgIpc) is 2.83. The molecule has 23 heavy (non-hydrogen) atoms. The molecule has 0 amide bonds. The second-order valence-corrected chi connectivity index (χ2v) is 7.27. The molecule has 1 aromatic rings. The van der Waals surface area contributed by atoms with Crippen LogP contribution < -0.4 is 0 Å². The number of nitro groups is 1. The van der Waals surface area contributed by atoms with Crippen molar-refractivity contribution in [2.75, 3.05) is 12.3 Å². The van der Waals surface area contributed by atoms with Crippen LogP contribution in [0.1, 0.15) is 26.3 Å². The summed E-state index contributed by atoms with van der Waals surface area (Å²) < 4.78 is 0. The van der Waals surface area contributed by atoms with E-state index in [2.05, 4.69) is 18.7 Å². The van der Waals surface area contributed by atoms with Gasteiger partial charge in [0.1, 0.15) is 0 Å². The second-order valence-electron chi connectivity index (χ2n) is 6.29. The van der Waals surface area contributed by atoms with Gasteiger partial charge in [0.05, 0.1) is 22.8 Å². The lowest BCUT2D eigenvalue weighted by molar-refractivity contribution is -0.384. The Morgan fingerprint density at radius 2 is 2.17 bits per heavy atom. The number of aliphatic hydroxyl groups is 1. The van der Waals surface area contributed by atoms with Crippen molar-refractivity contribution in [2.24, 2.45) is 10.9 Å². The molecule has 1 N–H and O–H groups in total. The highest BCUT2D eigenvalue weighted by Crippen LogP contribution is 2.31. The number of nitro benzene ring substituents is 1. The topological polar surface area (TPSA) is 79.0 Å². The lowest BCUT2D eigenvalue weighted by atomic mass is 10.1. The van der Waals surface area contributed by atoms with Gasteiger partial charge in [-0.15, -0.1) is 0 Å². The Hall–Kier alpha value is -1.60. The van der Waals surface area contributed by atoms with E-state index in [-0.39, 0.29) is 11.7 Å². The highest BCUT2D eigenvalue weighted by atomic mass is 32.2. The Balaban J connectivity index is 2.31. The fourth-order valence-corrected chi connectivity index (χ4v) is 3.88. The average molecular weight is 337 g/mol. The minimum atomic E-state index is -0.424. The normalized spacial score (nSPS) is 21.2. The van der Waals surface area contributed by atoms with Crippen molar-refractivity contribution in [3.63, 3.8) is 0 Å². The largest absolute Gasteiger partial charge is 0.391 e. The predicted octanol–water partition coefficient (Wildman–Crippen LogP) is 3.34. The number of aliphatic imine (C=N–C) groups is 1. The minimum Gasteiger partial charge on any atom is -0.391 e. The smallest absolute Gasteiger partial charge is 0.269 e. The van der Waals surface area contributed by atoms with Gasteiger partial charge in [-0.3, -0.25) is 10.1 Å². The monoisotopic (exact) mass is 337 g/mol. The lowest BCUT2D eigenvalue weighted by Crippen LogP contribution is -2.43. The zero-order valence-corrected chi connectivity index (χ0v) is 14.7. The van der Waals surface area contributed by atoms with Gasteiger partial charge in [0.25, 0.3) is 5.69 Å². The molecule has 1 saturated heterocycles. The first-order chi connectivity index (χ1) is 10.8. The standard InChI is InChI=1S/C16H23N3O3S/c1-10(2)8-18-15(12(4)20)9-23-16(18)17-14-6-5-13(19(21)22)7-11(14)3/h5-7,10,12,15,20H,8-9H2,1-4H3/t12-,15?/m1/s1. The van der Waals surface area contributed by atoms with E-state index in [1.807, 2.05) is 6.92 Å². The summed E-state index contributed by atoms with van der Waals surface area (Å²) in [6.45, 7) is 8.73. The van der Waals surface area contributed by atoms with E-state index in [4.69, 9.17) is 4.99 Å². The van der Waals surface area contributed by atoms with E-state index in [1.165, 1.54) is 12.1 Å². The van der Waals surface area contributed by atoms with Crippen molar-refractivity contribution in [3.05, 3.63) is 33.9 Å². The first-order valence-corrected chi connectivity index (χ1v) is 8.69. The van der Waals surface area contributed by atoms with Crippen molar-refractivity contribution < 1.29 is 10.0 Å². The maximum atomic E-state index is 10.8. The van der Waals surface area contributed by atoms with Gasteiger partial charge >= 0.3 is 0 Å². The van der Waals surface area contributed by atoms with Crippen LogP contribution in [0, 0.1) is 23.0 Å². The molecule has 2 rings (SSSR count). The summed E-state index contributed by atoms with van der Waals surface area (Å²) in [6.07, 6.45) is -0.424. The van der Waals surface area contributed by atoms with Crippen molar-refractivity contribution in [2.45, 2.75) is 39.8 Å². The summed E-state index contributed by atoms with van der Waals surface area (Å²) >= 11 is 1.62. The first kappa shape index (κ1) is 17.7. The molecule has 7 heteroatoms. The molecule has 1 fully saturated rings. The molecule has 0 aromatic heterocycles. The molecule has 1 unspecified atom stereocenters. The molecule has 126 valence electrons. The van der Waals surface area contributed by atoms with Gasteiger partial charge in [-0.25, -0.2) is 4.99 Å². The summed E-state index contributed by atoms with van der Waals surface area (Å²) in [5, 5.41) is 21.7. The number of nitrogens with zero attached hydrogens (tertiary/aromatic N) is 3. The fraction of sp³-hybridized carbons (Fsp3) is 0.562. The summed E-state index contributed by atoms with van der Waals surface area (Å²) in [5.74, 6) is 1.26. The third-order valence-electron chi connectivity index (χ3n) is 3.76. The molecular formula is C16H23N3O3S. The van der Waals surface area contributed by atoms with Gasteiger partial charge < -0.3 is 10.0 Å². The quantitative estimate of drug-likeness (QED) is 0.658. The molecule has 0 aliphatic carbocycles. The van der Waals surface area contributed by atoms with E-state index in [1.54, 1.807) is 24.8 Å². The predicted molar refractivity (Wildman–Crippen MR) is 94.4 cm³/mol. The van der Waals surface area contributed by atoms with Gasteiger partial charge in [-0.05, 0) is 31.4 Å². The van der Waals surface area contributed by atoms with E-state index in [9.17, 15) is 15.2 Å². The Kier molecular flexibility index (Phi) is 5.64. The third kappa shape index (κ3) is 4.23. The zero-order valence-electron chi connectivity index (χ0n) is 13.9. The van der Waals surface area contributed by atoms with Gasteiger partial charge in [-0.1, -0.05) is 25.6 Å². The number of amidine groups is 1. The number of non-ortho nitro benzene ring substituents is 1. The van der Waals surface area contributed by atoms with E-state index in [0.29, 0.717) is 5.92 Å². The highest BCUT2D eigenvalue weighted by molar-refractivity contribution is 8.14. The third-order valence-corrected chi connectivity index (χ3v) is 4.85. The zero-order chi connectivity index (χ0) is 17.1. The molecule has 0 bridgehead atoms. The number of thioether (sulfide) groups is 1.